The summed E-state index contributed by atoms with van der Waals surface area (Å²) < 4.78 is 2.06. The molecule has 10 heteroatoms. The van der Waals surface area contributed by atoms with Crippen LogP contribution in [0.2, 0.25) is 0 Å². The van der Waals surface area contributed by atoms with E-state index in [1.54, 1.807) is 6.20 Å². The maximum Gasteiger partial charge on any atom is 0.321 e. The van der Waals surface area contributed by atoms with Gasteiger partial charge in [0.1, 0.15) is 5.65 Å². The van der Waals surface area contributed by atoms with E-state index >= 15 is 0 Å². The molecular weight excluding hydrogens is 462 g/mol. The topological polar surface area (TPSA) is 104 Å². The lowest BCUT2D eigenvalue weighted by molar-refractivity contribution is 0.0957. The molecule has 0 bridgehead atoms. The summed E-state index contributed by atoms with van der Waals surface area (Å²) in [5.74, 6) is 0.441. The number of aromatic nitrogens is 3. The second-order valence-electron chi connectivity index (χ2n) is 8.40. The molecule has 9 nitrogen and oxygen atoms in total. The highest BCUT2D eigenvalue weighted by Crippen LogP contribution is 2.21. The summed E-state index contributed by atoms with van der Waals surface area (Å²) in [6.45, 7) is 2.92. The van der Waals surface area contributed by atoms with Crippen molar-refractivity contribution in [3.8, 4) is 0 Å². The monoisotopic (exact) mass is 489 g/mol. The summed E-state index contributed by atoms with van der Waals surface area (Å²) in [4.78, 5) is 36.2. The Morgan fingerprint density at radius 3 is 2.74 bits per heavy atom. The Kier molecular flexibility index (Phi) is 6.89. The molecular formula is C25H27N7O2S. The molecule has 1 aromatic carbocycles. The average molecular weight is 490 g/mol. The summed E-state index contributed by atoms with van der Waals surface area (Å²) in [6, 6.07) is 13.1. The Morgan fingerprint density at radius 2 is 1.91 bits per heavy atom. The van der Waals surface area contributed by atoms with Gasteiger partial charge in [-0.25, -0.2) is 9.78 Å². The van der Waals surface area contributed by atoms with Gasteiger partial charge >= 0.3 is 6.03 Å². The lowest BCUT2D eigenvalue weighted by atomic mass is 10.3. The Balaban J connectivity index is 1.20. The summed E-state index contributed by atoms with van der Waals surface area (Å²) in [5, 5.41) is 12.0. The number of aryl methyl sites for hydroxylation is 1. The van der Waals surface area contributed by atoms with Gasteiger partial charge in [0.05, 0.1) is 4.88 Å². The predicted molar refractivity (Wildman–Crippen MR) is 138 cm³/mol. The van der Waals surface area contributed by atoms with Crippen LogP contribution in [0.3, 0.4) is 0 Å². The summed E-state index contributed by atoms with van der Waals surface area (Å²) in [6.07, 6.45) is 6.67. The number of thiophene rings is 1. The van der Waals surface area contributed by atoms with Crippen LogP contribution in [0.1, 0.15) is 28.9 Å². The number of carbonyl (C=O) groups excluding carboxylic acids is 2. The predicted octanol–water partition coefficient (Wildman–Crippen LogP) is 4.68. The van der Waals surface area contributed by atoms with Crippen molar-refractivity contribution >= 4 is 51.6 Å². The fourth-order valence-corrected chi connectivity index (χ4v) is 4.72. The van der Waals surface area contributed by atoms with Gasteiger partial charge in [0.2, 0.25) is 5.95 Å². The zero-order valence-electron chi connectivity index (χ0n) is 19.2. The van der Waals surface area contributed by atoms with Crippen LogP contribution in [0.4, 0.5) is 22.1 Å². The number of amides is 3. The van der Waals surface area contributed by atoms with Gasteiger partial charge in [-0.3, -0.25) is 4.79 Å². The van der Waals surface area contributed by atoms with E-state index in [2.05, 4.69) is 25.5 Å². The first-order chi connectivity index (χ1) is 17.2. The second kappa shape index (κ2) is 10.6. The lowest BCUT2D eigenvalue weighted by Crippen LogP contribution is -2.32. The first-order valence-electron chi connectivity index (χ1n) is 11.7. The molecule has 1 aliphatic rings. The van der Waals surface area contributed by atoms with Crippen LogP contribution in [-0.2, 0) is 6.54 Å². The molecule has 1 fully saturated rings. The first kappa shape index (κ1) is 22.9. The van der Waals surface area contributed by atoms with Crippen molar-refractivity contribution in [2.75, 3.05) is 30.3 Å². The van der Waals surface area contributed by atoms with E-state index < -0.39 is 0 Å². The van der Waals surface area contributed by atoms with E-state index in [1.165, 1.54) is 11.3 Å². The second-order valence-corrected chi connectivity index (χ2v) is 9.35. The van der Waals surface area contributed by atoms with Crippen LogP contribution in [0.5, 0.6) is 0 Å². The van der Waals surface area contributed by atoms with E-state index in [1.807, 2.05) is 58.9 Å². The van der Waals surface area contributed by atoms with Crippen molar-refractivity contribution in [2.24, 2.45) is 0 Å². The molecule has 3 N–H and O–H groups in total. The Labute approximate surface area is 207 Å². The molecule has 1 aliphatic heterocycles. The quantitative estimate of drug-likeness (QED) is 0.312. The largest absolute Gasteiger partial charge is 0.351 e. The van der Waals surface area contributed by atoms with Crippen LogP contribution in [0, 0.1) is 0 Å². The number of nitrogens with one attached hydrogen (secondary N) is 3. The summed E-state index contributed by atoms with van der Waals surface area (Å²) in [5.41, 5.74) is 2.34. The van der Waals surface area contributed by atoms with Crippen molar-refractivity contribution in [1.29, 1.82) is 0 Å². The minimum absolute atomic E-state index is 0.0370. The molecule has 0 unspecified atom stereocenters. The molecule has 0 aliphatic carbocycles. The number of likely N-dealkylation sites (tertiary alicyclic amines) is 1. The normalized spacial score (nSPS) is 13.2. The highest BCUT2D eigenvalue weighted by atomic mass is 32.1. The fourth-order valence-electron chi connectivity index (χ4n) is 4.08. The number of rotatable bonds is 8. The zero-order valence-corrected chi connectivity index (χ0v) is 20.1. The number of carbonyl (C=O) groups is 2. The van der Waals surface area contributed by atoms with Crippen molar-refractivity contribution in [3.05, 3.63) is 65.1 Å². The number of urea groups is 1. The van der Waals surface area contributed by atoms with E-state index in [-0.39, 0.29) is 11.9 Å². The van der Waals surface area contributed by atoms with Gasteiger partial charge in [-0.1, -0.05) is 12.1 Å². The maximum atomic E-state index is 12.4. The molecule has 180 valence electrons. The Bertz CT molecular complexity index is 1310. The standard InChI is InChI=1S/C25H27N7O2S/c33-23(21-8-4-15-35-21)26-10-5-13-31-14-9-18-17-27-24(30-22(18)31)28-19-6-3-7-20(16-19)29-25(34)32-11-1-2-12-32/h3-4,6-9,14-17H,1-2,5,10-13H2,(H,26,33)(H,29,34)(H,27,28,30). The molecule has 0 saturated carbocycles. The number of fused-ring (bicyclic) bond motifs is 1. The number of anilines is 3. The Hall–Kier alpha value is -3.92. The van der Waals surface area contributed by atoms with Gasteiger partial charge in [-0.15, -0.1) is 11.3 Å². The van der Waals surface area contributed by atoms with Crippen LogP contribution >= 0.6 is 11.3 Å². The minimum atomic E-state index is -0.0678. The summed E-state index contributed by atoms with van der Waals surface area (Å²) in [7, 11) is 0. The maximum absolute atomic E-state index is 12.4. The summed E-state index contributed by atoms with van der Waals surface area (Å²) >= 11 is 1.44. The molecule has 0 spiro atoms. The molecule has 4 aromatic rings. The molecule has 4 heterocycles. The van der Waals surface area contributed by atoms with Gasteiger partial charge in [0.25, 0.3) is 5.91 Å². The van der Waals surface area contributed by atoms with Gasteiger partial charge in [0.15, 0.2) is 0 Å². The van der Waals surface area contributed by atoms with E-state index in [9.17, 15) is 9.59 Å². The van der Waals surface area contributed by atoms with Crippen molar-refractivity contribution < 1.29 is 9.59 Å². The first-order valence-corrected chi connectivity index (χ1v) is 12.6. The van der Waals surface area contributed by atoms with E-state index in [0.717, 1.165) is 66.2 Å². The van der Waals surface area contributed by atoms with Crippen LogP contribution in [0.15, 0.2) is 60.2 Å². The minimum Gasteiger partial charge on any atom is -0.351 e. The fraction of sp³-hybridized carbons (Fsp3) is 0.280. The average Bonchev–Trinajstić information content (AvgIpc) is 3.64. The van der Waals surface area contributed by atoms with E-state index in [4.69, 9.17) is 4.98 Å². The van der Waals surface area contributed by atoms with Gasteiger partial charge in [-0.2, -0.15) is 4.98 Å². The number of benzene rings is 1. The number of hydrogen-bond donors (Lipinski definition) is 3. The highest BCUT2D eigenvalue weighted by molar-refractivity contribution is 7.12. The van der Waals surface area contributed by atoms with Gasteiger partial charge in [-0.05, 0) is 55.0 Å². The molecule has 0 radical (unpaired) electrons. The zero-order chi connectivity index (χ0) is 24.0. The smallest absolute Gasteiger partial charge is 0.321 e. The van der Waals surface area contributed by atoms with E-state index in [0.29, 0.717) is 12.5 Å². The highest BCUT2D eigenvalue weighted by Gasteiger charge is 2.17. The molecule has 3 amide bonds. The number of nitrogens with zero attached hydrogens (tertiary/aromatic N) is 4. The molecule has 1 saturated heterocycles. The third-order valence-corrected chi connectivity index (χ3v) is 6.74. The molecule has 3 aromatic heterocycles. The van der Waals surface area contributed by atoms with Crippen molar-refractivity contribution in [3.63, 3.8) is 0 Å². The third-order valence-electron chi connectivity index (χ3n) is 5.87. The Morgan fingerprint density at radius 1 is 1.06 bits per heavy atom. The van der Waals surface area contributed by atoms with Crippen LogP contribution in [0.25, 0.3) is 11.0 Å². The van der Waals surface area contributed by atoms with Crippen LogP contribution in [-0.4, -0.2) is 51.0 Å². The molecule has 35 heavy (non-hydrogen) atoms. The molecule has 5 rings (SSSR count). The van der Waals surface area contributed by atoms with Gasteiger partial charge < -0.3 is 25.4 Å². The van der Waals surface area contributed by atoms with Crippen molar-refractivity contribution in [1.82, 2.24) is 24.8 Å². The molecule has 0 atom stereocenters. The SMILES string of the molecule is O=C(NCCCn1ccc2cnc(Nc3cccc(NC(=O)N4CCCC4)c3)nc21)c1cccs1. The van der Waals surface area contributed by atoms with Crippen molar-refractivity contribution in [2.45, 2.75) is 25.8 Å². The lowest BCUT2D eigenvalue weighted by Gasteiger charge is -2.16. The van der Waals surface area contributed by atoms with Gasteiger partial charge in [0, 0.05) is 55.3 Å². The number of hydrogen-bond acceptors (Lipinski definition) is 6. The third kappa shape index (κ3) is 5.60. The van der Waals surface area contributed by atoms with Crippen LogP contribution < -0.4 is 16.0 Å².